The molecule has 1 aromatic heterocycles. The van der Waals surface area contributed by atoms with Crippen molar-refractivity contribution in [2.75, 3.05) is 10.0 Å². The number of rotatable bonds is 9. The number of hydrogen-bond donors (Lipinski definition) is 2. The second kappa shape index (κ2) is 11.1. The van der Waals surface area contributed by atoms with E-state index in [0.717, 1.165) is 16.9 Å². The number of hydrogen-bond acceptors (Lipinski definition) is 5. The molecule has 2 N–H and O–H groups in total. The molecule has 3 aromatic carbocycles. The third-order valence-corrected chi connectivity index (χ3v) is 6.26. The lowest BCUT2D eigenvalue weighted by Crippen LogP contribution is -2.14. The maximum Gasteiger partial charge on any atom is 0.263 e. The van der Waals surface area contributed by atoms with Crippen LogP contribution in [-0.4, -0.2) is 19.3 Å². The standard InChI is InChI=1S/C27H23N3O4S/c31-27(18-11-21-9-14-24(15-10-21)34-20-22-6-2-1-3-7-22)29-23-12-16-25(17-13-23)35(32,33)30-26-8-4-5-19-28-26/h1-19H,20H2,(H,28,30)(H,29,31). The van der Waals surface area contributed by atoms with Gasteiger partial charge in [0, 0.05) is 18.0 Å². The number of benzene rings is 3. The zero-order chi connectivity index (χ0) is 24.5. The normalized spacial score (nSPS) is 11.2. The number of sulfonamides is 1. The molecule has 4 rings (SSSR count). The fourth-order valence-electron chi connectivity index (χ4n) is 3.11. The molecular formula is C27H23N3O4S. The first-order valence-electron chi connectivity index (χ1n) is 10.8. The van der Waals surface area contributed by atoms with E-state index in [1.807, 2.05) is 54.6 Å². The molecule has 0 spiro atoms. The highest BCUT2D eigenvalue weighted by atomic mass is 32.2. The van der Waals surface area contributed by atoms with Crippen LogP contribution in [0, 0.1) is 0 Å². The summed E-state index contributed by atoms with van der Waals surface area (Å²) in [6.07, 6.45) is 4.59. The van der Waals surface area contributed by atoms with E-state index in [1.54, 1.807) is 24.3 Å². The Balaban J connectivity index is 1.29. The van der Waals surface area contributed by atoms with Crippen LogP contribution in [-0.2, 0) is 21.4 Å². The summed E-state index contributed by atoms with van der Waals surface area (Å²) in [5.41, 5.74) is 2.40. The molecule has 0 bridgehead atoms. The Morgan fingerprint density at radius 3 is 2.26 bits per heavy atom. The van der Waals surface area contributed by atoms with Gasteiger partial charge in [-0.1, -0.05) is 48.5 Å². The average Bonchev–Trinajstić information content (AvgIpc) is 2.88. The van der Waals surface area contributed by atoms with E-state index in [0.29, 0.717) is 12.3 Å². The molecule has 7 nitrogen and oxygen atoms in total. The summed E-state index contributed by atoms with van der Waals surface area (Å²) in [5, 5.41) is 2.71. The van der Waals surface area contributed by atoms with Gasteiger partial charge in [-0.25, -0.2) is 13.4 Å². The first kappa shape index (κ1) is 23.7. The van der Waals surface area contributed by atoms with Crippen LogP contribution in [0.2, 0.25) is 0 Å². The minimum Gasteiger partial charge on any atom is -0.489 e. The maximum atomic E-state index is 12.5. The van der Waals surface area contributed by atoms with Gasteiger partial charge in [-0.05, 0) is 65.7 Å². The van der Waals surface area contributed by atoms with Gasteiger partial charge in [-0.3, -0.25) is 9.52 Å². The molecule has 0 radical (unpaired) electrons. The minimum absolute atomic E-state index is 0.0614. The van der Waals surface area contributed by atoms with E-state index in [-0.39, 0.29) is 16.6 Å². The van der Waals surface area contributed by atoms with Gasteiger partial charge in [-0.2, -0.15) is 0 Å². The van der Waals surface area contributed by atoms with Gasteiger partial charge in [-0.15, -0.1) is 0 Å². The molecule has 8 heteroatoms. The van der Waals surface area contributed by atoms with Crippen LogP contribution in [0.15, 0.2) is 114 Å². The Kier molecular flexibility index (Phi) is 7.54. The first-order valence-corrected chi connectivity index (χ1v) is 12.3. The van der Waals surface area contributed by atoms with E-state index in [9.17, 15) is 13.2 Å². The van der Waals surface area contributed by atoms with Crippen LogP contribution in [0.5, 0.6) is 5.75 Å². The molecule has 0 aliphatic rings. The highest BCUT2D eigenvalue weighted by molar-refractivity contribution is 7.92. The zero-order valence-corrected chi connectivity index (χ0v) is 19.5. The van der Waals surface area contributed by atoms with E-state index in [2.05, 4.69) is 15.0 Å². The predicted octanol–water partition coefficient (Wildman–Crippen LogP) is 5.11. The number of ether oxygens (including phenoxy) is 1. The molecule has 1 heterocycles. The summed E-state index contributed by atoms with van der Waals surface area (Å²) in [6.45, 7) is 0.484. The summed E-state index contributed by atoms with van der Waals surface area (Å²) in [4.78, 5) is 16.3. The molecule has 0 aliphatic carbocycles. The average molecular weight is 486 g/mol. The summed E-state index contributed by atoms with van der Waals surface area (Å²) < 4.78 is 33.1. The Labute approximate surface area is 204 Å². The lowest BCUT2D eigenvalue weighted by atomic mass is 10.2. The fraction of sp³-hybridized carbons (Fsp3) is 0.0370. The van der Waals surface area contributed by atoms with Crippen LogP contribution in [0.4, 0.5) is 11.5 Å². The third kappa shape index (κ3) is 7.02. The molecular weight excluding hydrogens is 462 g/mol. The van der Waals surface area contributed by atoms with Crippen molar-refractivity contribution in [1.82, 2.24) is 4.98 Å². The molecule has 4 aromatic rings. The molecule has 35 heavy (non-hydrogen) atoms. The summed E-state index contributed by atoms with van der Waals surface area (Å²) in [5.74, 6) is 0.630. The Bertz CT molecular complexity index is 1390. The molecule has 1 amide bonds. The largest absolute Gasteiger partial charge is 0.489 e. The highest BCUT2D eigenvalue weighted by Gasteiger charge is 2.14. The molecule has 0 atom stereocenters. The highest BCUT2D eigenvalue weighted by Crippen LogP contribution is 2.18. The smallest absolute Gasteiger partial charge is 0.263 e. The number of carbonyl (C=O) groups excluding carboxylic acids is 1. The van der Waals surface area contributed by atoms with Crippen LogP contribution in [0.3, 0.4) is 0 Å². The van der Waals surface area contributed by atoms with Crippen LogP contribution < -0.4 is 14.8 Å². The molecule has 176 valence electrons. The van der Waals surface area contributed by atoms with Gasteiger partial charge in [0.05, 0.1) is 4.90 Å². The SMILES string of the molecule is O=C(C=Cc1ccc(OCc2ccccc2)cc1)Nc1ccc(S(=O)(=O)Nc2ccccn2)cc1. The van der Waals surface area contributed by atoms with Gasteiger partial charge in [0.2, 0.25) is 5.91 Å². The van der Waals surface area contributed by atoms with Crippen LogP contribution in [0.25, 0.3) is 6.08 Å². The number of nitrogens with one attached hydrogen (secondary N) is 2. The number of anilines is 2. The number of nitrogens with zero attached hydrogens (tertiary/aromatic N) is 1. The summed E-state index contributed by atoms with van der Waals surface area (Å²) in [7, 11) is -3.78. The Morgan fingerprint density at radius 1 is 0.857 bits per heavy atom. The van der Waals surface area contributed by atoms with Gasteiger partial charge < -0.3 is 10.1 Å². The second-order valence-corrected chi connectivity index (χ2v) is 9.19. The van der Waals surface area contributed by atoms with Crippen molar-refractivity contribution < 1.29 is 17.9 Å². The first-order chi connectivity index (χ1) is 17.0. The predicted molar refractivity (Wildman–Crippen MR) is 136 cm³/mol. The quantitative estimate of drug-likeness (QED) is 0.321. The van der Waals surface area contributed by atoms with Gasteiger partial charge >= 0.3 is 0 Å². The van der Waals surface area contributed by atoms with Crippen LogP contribution >= 0.6 is 0 Å². The number of carbonyl (C=O) groups is 1. The van der Waals surface area contributed by atoms with Crippen LogP contribution in [0.1, 0.15) is 11.1 Å². The lowest BCUT2D eigenvalue weighted by molar-refractivity contribution is -0.111. The fourth-order valence-corrected chi connectivity index (χ4v) is 4.12. The topological polar surface area (TPSA) is 97.4 Å². The molecule has 0 fully saturated rings. The lowest BCUT2D eigenvalue weighted by Gasteiger charge is -2.08. The van der Waals surface area contributed by atoms with E-state index in [4.69, 9.17) is 4.74 Å². The number of pyridine rings is 1. The van der Waals surface area contributed by atoms with Crippen molar-refractivity contribution in [2.45, 2.75) is 11.5 Å². The summed E-state index contributed by atoms with van der Waals surface area (Å²) in [6, 6.07) is 28.1. The van der Waals surface area contributed by atoms with Gasteiger partial charge in [0.25, 0.3) is 10.0 Å². The van der Waals surface area contributed by atoms with Gasteiger partial charge in [0.15, 0.2) is 0 Å². The van der Waals surface area contributed by atoms with Crippen molar-refractivity contribution in [3.63, 3.8) is 0 Å². The Hall–Kier alpha value is -4.43. The molecule has 0 saturated carbocycles. The van der Waals surface area contributed by atoms with Crippen molar-refractivity contribution >= 4 is 33.5 Å². The van der Waals surface area contributed by atoms with Crippen molar-refractivity contribution in [3.05, 3.63) is 120 Å². The van der Waals surface area contributed by atoms with E-state index < -0.39 is 10.0 Å². The maximum absolute atomic E-state index is 12.5. The molecule has 0 unspecified atom stereocenters. The van der Waals surface area contributed by atoms with Crippen molar-refractivity contribution in [3.8, 4) is 5.75 Å². The van der Waals surface area contributed by atoms with E-state index in [1.165, 1.54) is 36.5 Å². The molecule has 0 aliphatic heterocycles. The second-order valence-electron chi connectivity index (χ2n) is 7.51. The number of aromatic nitrogens is 1. The monoisotopic (exact) mass is 485 g/mol. The molecule has 0 saturated heterocycles. The van der Waals surface area contributed by atoms with Gasteiger partial charge in [0.1, 0.15) is 18.2 Å². The minimum atomic E-state index is -3.78. The Morgan fingerprint density at radius 2 is 1.57 bits per heavy atom. The zero-order valence-electron chi connectivity index (χ0n) is 18.7. The van der Waals surface area contributed by atoms with Crippen molar-refractivity contribution in [1.29, 1.82) is 0 Å². The van der Waals surface area contributed by atoms with Crippen molar-refractivity contribution in [2.24, 2.45) is 0 Å². The van der Waals surface area contributed by atoms with E-state index >= 15 is 0 Å². The summed E-state index contributed by atoms with van der Waals surface area (Å²) >= 11 is 0. The number of amides is 1. The third-order valence-electron chi connectivity index (χ3n) is 4.89.